The second-order valence-corrected chi connectivity index (χ2v) is 9.09. The molecule has 2 aromatic carbocycles. The molecule has 35 heavy (non-hydrogen) atoms. The van der Waals surface area contributed by atoms with Gasteiger partial charge in [0, 0.05) is 6.07 Å². The second kappa shape index (κ2) is 8.74. The predicted octanol–water partition coefficient (Wildman–Crippen LogP) is 4.24. The summed E-state index contributed by atoms with van der Waals surface area (Å²) in [5, 5.41) is -0.0895. The molecule has 1 aliphatic heterocycles. The van der Waals surface area contributed by atoms with Gasteiger partial charge in [-0.2, -0.15) is 0 Å². The van der Waals surface area contributed by atoms with Gasteiger partial charge in [-0.3, -0.25) is 19.3 Å². The molecule has 0 fully saturated rings. The first-order valence-corrected chi connectivity index (χ1v) is 11.4. The Labute approximate surface area is 201 Å². The highest BCUT2D eigenvalue weighted by Gasteiger charge is 2.41. The maximum atomic E-state index is 13.2. The number of rotatable bonds is 6. The number of fused-ring (bicyclic) bond motifs is 1. The summed E-state index contributed by atoms with van der Waals surface area (Å²) in [7, 11) is -3.02. The van der Waals surface area contributed by atoms with E-state index in [-0.39, 0.29) is 33.3 Å². The minimum Gasteiger partial charge on any atom is -0.495 e. The molecule has 182 valence electrons. The zero-order chi connectivity index (χ0) is 25.5. The number of carbonyl (C=O) groups is 2. The number of halogens is 4. The van der Waals surface area contributed by atoms with E-state index in [0.29, 0.717) is 0 Å². The molecule has 0 saturated carbocycles. The predicted molar refractivity (Wildman–Crippen MR) is 117 cm³/mol. The van der Waals surface area contributed by atoms with Crippen LogP contribution in [0.3, 0.4) is 0 Å². The molecule has 0 radical (unpaired) electrons. The molecular weight excluding hydrogens is 515 g/mol. The Bertz CT molecular complexity index is 1450. The van der Waals surface area contributed by atoms with Crippen molar-refractivity contribution < 1.29 is 40.7 Å². The molecule has 1 aliphatic rings. The Kier molecular flexibility index (Phi) is 6.07. The van der Waals surface area contributed by atoms with Crippen LogP contribution >= 0.6 is 11.6 Å². The van der Waals surface area contributed by atoms with E-state index in [9.17, 15) is 31.2 Å². The zero-order valence-corrected chi connectivity index (χ0v) is 19.0. The van der Waals surface area contributed by atoms with Crippen molar-refractivity contribution in [2.45, 2.75) is 11.3 Å². The molecular formula is C21H13ClF3N3O6S. The van der Waals surface area contributed by atoms with Crippen molar-refractivity contribution in [3.05, 3.63) is 71.0 Å². The maximum absolute atomic E-state index is 13.2. The Balaban J connectivity index is 1.69. The first kappa shape index (κ1) is 24.3. The number of anilines is 2. The number of hydrogen-bond donors (Lipinski definition) is 1. The summed E-state index contributed by atoms with van der Waals surface area (Å²) in [5.74, 6) is -2.02. The highest BCUT2D eigenvalue weighted by molar-refractivity contribution is 7.92. The number of imide groups is 1. The molecule has 0 atom stereocenters. The fraction of sp³-hybridized carbons (Fsp3) is 0.0952. The number of nitrogens with zero attached hydrogens (tertiary/aromatic N) is 2. The summed E-state index contributed by atoms with van der Waals surface area (Å²) in [5.41, 5.74) is -0.711. The molecule has 0 aliphatic carbocycles. The number of methoxy groups -OCH3 is 1. The molecule has 14 heteroatoms. The monoisotopic (exact) mass is 527 g/mol. The van der Waals surface area contributed by atoms with Crippen molar-refractivity contribution in [3.63, 3.8) is 0 Å². The number of ether oxygens (including phenoxy) is 2. The van der Waals surface area contributed by atoms with E-state index in [1.807, 2.05) is 0 Å². The van der Waals surface area contributed by atoms with E-state index in [4.69, 9.17) is 16.3 Å². The summed E-state index contributed by atoms with van der Waals surface area (Å²) >= 11 is 6.15. The van der Waals surface area contributed by atoms with Crippen molar-refractivity contribution in [2.24, 2.45) is 0 Å². The van der Waals surface area contributed by atoms with Gasteiger partial charge in [-0.25, -0.2) is 13.3 Å². The fourth-order valence-corrected chi connectivity index (χ4v) is 4.62. The molecule has 1 aromatic heterocycles. The first-order valence-electron chi connectivity index (χ1n) is 9.50. The summed E-state index contributed by atoms with van der Waals surface area (Å²) in [6, 6.07) is 7.23. The van der Waals surface area contributed by atoms with Crippen LogP contribution in [0, 0.1) is 0 Å². The van der Waals surface area contributed by atoms with Gasteiger partial charge in [0.05, 0.1) is 51.9 Å². The Morgan fingerprint density at radius 1 is 0.971 bits per heavy atom. The third-order valence-corrected chi connectivity index (χ3v) is 6.49. The van der Waals surface area contributed by atoms with Crippen LogP contribution < -0.4 is 19.1 Å². The number of alkyl halides is 3. The fourth-order valence-electron chi connectivity index (χ4n) is 3.31. The van der Waals surface area contributed by atoms with E-state index in [1.54, 1.807) is 0 Å². The second-order valence-electron chi connectivity index (χ2n) is 7.00. The topological polar surface area (TPSA) is 115 Å². The lowest BCUT2D eigenvalue weighted by Gasteiger charge is -2.14. The summed E-state index contributed by atoms with van der Waals surface area (Å²) < 4.78 is 73.7. The van der Waals surface area contributed by atoms with Crippen LogP contribution in [0.5, 0.6) is 11.5 Å². The minimum atomic E-state index is -4.94. The lowest BCUT2D eigenvalue weighted by molar-refractivity contribution is -0.274. The van der Waals surface area contributed by atoms with E-state index in [0.717, 1.165) is 29.2 Å². The highest BCUT2D eigenvalue weighted by atomic mass is 35.5. The largest absolute Gasteiger partial charge is 0.573 e. The smallest absolute Gasteiger partial charge is 0.495 e. The number of carbonyl (C=O) groups excluding carboxylic acids is 2. The van der Waals surface area contributed by atoms with Crippen LogP contribution in [0.15, 0.2) is 59.8 Å². The third-order valence-electron chi connectivity index (χ3n) is 4.79. The van der Waals surface area contributed by atoms with Gasteiger partial charge in [-0.15, -0.1) is 13.2 Å². The molecule has 0 spiro atoms. The van der Waals surface area contributed by atoms with Crippen LogP contribution in [0.4, 0.5) is 24.5 Å². The SMILES string of the molecule is COc1cncc(N2C(=O)c3c(Cl)ccc(NS(=O)(=O)c4ccc(OC(F)(F)F)cc4)c3C2=O)c1. The highest BCUT2D eigenvalue weighted by Crippen LogP contribution is 2.38. The van der Waals surface area contributed by atoms with Gasteiger partial charge in [-0.1, -0.05) is 11.6 Å². The molecule has 0 saturated heterocycles. The van der Waals surface area contributed by atoms with Gasteiger partial charge >= 0.3 is 6.36 Å². The van der Waals surface area contributed by atoms with Crippen LogP contribution in [-0.2, 0) is 10.0 Å². The molecule has 4 rings (SSSR count). The van der Waals surface area contributed by atoms with E-state index < -0.39 is 38.8 Å². The van der Waals surface area contributed by atoms with Gasteiger partial charge in [0.15, 0.2) is 0 Å². The van der Waals surface area contributed by atoms with Gasteiger partial charge in [-0.05, 0) is 36.4 Å². The average molecular weight is 528 g/mol. The standard InChI is InChI=1S/C21H13ClF3N3O6S/c1-33-13-8-11(9-26-10-13)28-19(29)17-15(22)6-7-16(18(17)20(28)30)27-35(31,32)14-4-2-12(3-5-14)34-21(23,24)25/h2-10,27H,1H3. The van der Waals surface area contributed by atoms with E-state index >= 15 is 0 Å². The summed E-state index contributed by atoms with van der Waals surface area (Å²) in [6.45, 7) is 0. The van der Waals surface area contributed by atoms with Crippen molar-refractivity contribution in [3.8, 4) is 11.5 Å². The number of hydrogen-bond acceptors (Lipinski definition) is 7. The van der Waals surface area contributed by atoms with Gasteiger partial charge in [0.2, 0.25) is 0 Å². The van der Waals surface area contributed by atoms with E-state index in [1.165, 1.54) is 37.7 Å². The molecule has 3 aromatic rings. The third kappa shape index (κ3) is 4.72. The number of amides is 2. The molecule has 9 nitrogen and oxygen atoms in total. The normalized spacial score (nSPS) is 13.6. The van der Waals surface area contributed by atoms with Crippen molar-refractivity contribution >= 4 is 44.8 Å². The zero-order valence-electron chi connectivity index (χ0n) is 17.5. The van der Waals surface area contributed by atoms with E-state index in [2.05, 4.69) is 14.4 Å². The summed E-state index contributed by atoms with van der Waals surface area (Å²) in [4.78, 5) is 30.5. The average Bonchev–Trinajstić information content (AvgIpc) is 3.06. The van der Waals surface area contributed by atoms with Crippen molar-refractivity contribution in [2.75, 3.05) is 16.7 Å². The molecule has 2 amide bonds. The summed E-state index contributed by atoms with van der Waals surface area (Å²) in [6.07, 6.45) is -2.34. The molecule has 0 bridgehead atoms. The number of aromatic nitrogens is 1. The Morgan fingerprint density at radius 3 is 2.26 bits per heavy atom. The lowest BCUT2D eigenvalue weighted by Crippen LogP contribution is -2.29. The Hall–Kier alpha value is -3.84. The van der Waals surface area contributed by atoms with Crippen LogP contribution in [0.1, 0.15) is 20.7 Å². The molecule has 0 unspecified atom stereocenters. The van der Waals surface area contributed by atoms with Gasteiger partial charge in [0.1, 0.15) is 11.5 Å². The first-order chi connectivity index (χ1) is 16.4. The van der Waals surface area contributed by atoms with Crippen LogP contribution in [-0.4, -0.2) is 38.7 Å². The minimum absolute atomic E-state index is 0.0701. The number of nitrogens with one attached hydrogen (secondary N) is 1. The number of sulfonamides is 1. The van der Waals surface area contributed by atoms with Crippen LogP contribution in [0.2, 0.25) is 5.02 Å². The quantitative estimate of drug-likeness (QED) is 0.477. The number of pyridine rings is 1. The van der Waals surface area contributed by atoms with Gasteiger partial charge in [0.25, 0.3) is 21.8 Å². The van der Waals surface area contributed by atoms with Crippen molar-refractivity contribution in [1.29, 1.82) is 0 Å². The molecule has 1 N–H and O–H groups in total. The lowest BCUT2D eigenvalue weighted by atomic mass is 10.1. The van der Waals surface area contributed by atoms with Crippen LogP contribution in [0.25, 0.3) is 0 Å². The van der Waals surface area contributed by atoms with Gasteiger partial charge < -0.3 is 9.47 Å². The number of benzene rings is 2. The maximum Gasteiger partial charge on any atom is 0.573 e. The molecule has 2 heterocycles. The van der Waals surface area contributed by atoms with Crippen molar-refractivity contribution in [1.82, 2.24) is 4.98 Å². The Morgan fingerprint density at radius 2 is 1.63 bits per heavy atom.